The van der Waals surface area contributed by atoms with Crippen LogP contribution in [0.15, 0.2) is 42.7 Å². The molecule has 2 aromatic heterocycles. The number of nitrogens with zero attached hydrogens (tertiary/aromatic N) is 2. The van der Waals surface area contributed by atoms with Crippen LogP contribution >= 0.6 is 11.6 Å². The van der Waals surface area contributed by atoms with Crippen LogP contribution in [0, 0.1) is 5.82 Å². The molecule has 100 valence electrons. The molecule has 0 saturated heterocycles. The normalized spacial score (nSPS) is 10.7. The van der Waals surface area contributed by atoms with Crippen molar-refractivity contribution in [1.29, 1.82) is 0 Å². The van der Waals surface area contributed by atoms with E-state index in [4.69, 9.17) is 17.3 Å². The van der Waals surface area contributed by atoms with Crippen molar-refractivity contribution in [2.24, 2.45) is 0 Å². The number of pyridine rings is 1. The van der Waals surface area contributed by atoms with Gasteiger partial charge in [-0.2, -0.15) is 5.10 Å². The van der Waals surface area contributed by atoms with Crippen LogP contribution in [0.5, 0.6) is 0 Å². The van der Waals surface area contributed by atoms with E-state index in [0.29, 0.717) is 21.8 Å². The summed E-state index contributed by atoms with van der Waals surface area (Å²) in [5.41, 5.74) is 8.04. The largest absolute Gasteiger partial charge is 0.382 e. The number of nitrogens with two attached hydrogens (primary N) is 1. The van der Waals surface area contributed by atoms with Crippen LogP contribution < -0.4 is 5.73 Å². The summed E-state index contributed by atoms with van der Waals surface area (Å²) < 4.78 is 14.0. The SMILES string of the molecule is Nc1n[nH]c(-c2cc(Cl)ccc2F)c1-c1cccnc1. The third-order valence-electron chi connectivity index (χ3n) is 2.94. The zero-order valence-corrected chi connectivity index (χ0v) is 11.0. The van der Waals surface area contributed by atoms with Gasteiger partial charge in [0.1, 0.15) is 5.82 Å². The number of halogens is 2. The second-order valence-corrected chi connectivity index (χ2v) is 4.66. The molecule has 20 heavy (non-hydrogen) atoms. The van der Waals surface area contributed by atoms with E-state index in [2.05, 4.69) is 15.2 Å². The number of anilines is 1. The predicted molar refractivity (Wildman–Crippen MR) is 76.6 cm³/mol. The Kier molecular flexibility index (Phi) is 3.12. The van der Waals surface area contributed by atoms with Gasteiger partial charge in [-0.05, 0) is 24.3 Å². The number of aromatic nitrogens is 3. The molecule has 0 spiro atoms. The summed E-state index contributed by atoms with van der Waals surface area (Å²) in [4.78, 5) is 4.04. The molecule has 0 unspecified atom stereocenters. The summed E-state index contributed by atoms with van der Waals surface area (Å²) in [5.74, 6) is -0.115. The third-order valence-corrected chi connectivity index (χ3v) is 3.18. The van der Waals surface area contributed by atoms with Gasteiger partial charge in [0.15, 0.2) is 5.82 Å². The number of benzene rings is 1. The van der Waals surface area contributed by atoms with E-state index in [0.717, 1.165) is 5.56 Å². The fourth-order valence-electron chi connectivity index (χ4n) is 2.04. The monoisotopic (exact) mass is 288 g/mol. The van der Waals surface area contributed by atoms with Crippen LogP contribution in [0.4, 0.5) is 10.2 Å². The van der Waals surface area contributed by atoms with Crippen LogP contribution in [0.3, 0.4) is 0 Å². The molecule has 0 aliphatic rings. The van der Waals surface area contributed by atoms with E-state index in [-0.39, 0.29) is 5.82 Å². The Bertz CT molecular complexity index is 755. The molecule has 0 saturated carbocycles. The molecule has 4 nitrogen and oxygen atoms in total. The van der Waals surface area contributed by atoms with Crippen LogP contribution in [-0.4, -0.2) is 15.2 Å². The summed E-state index contributed by atoms with van der Waals surface area (Å²) in [5, 5.41) is 7.15. The number of aromatic amines is 1. The van der Waals surface area contributed by atoms with Crippen molar-refractivity contribution < 1.29 is 4.39 Å². The van der Waals surface area contributed by atoms with E-state index in [9.17, 15) is 4.39 Å². The van der Waals surface area contributed by atoms with Gasteiger partial charge >= 0.3 is 0 Å². The molecule has 0 fully saturated rings. The predicted octanol–water partition coefficient (Wildman–Crippen LogP) is 3.51. The van der Waals surface area contributed by atoms with Crippen molar-refractivity contribution in [2.45, 2.75) is 0 Å². The van der Waals surface area contributed by atoms with Gasteiger partial charge in [0.05, 0.1) is 11.3 Å². The van der Waals surface area contributed by atoms with Crippen molar-refractivity contribution in [1.82, 2.24) is 15.2 Å². The quantitative estimate of drug-likeness (QED) is 0.758. The fourth-order valence-corrected chi connectivity index (χ4v) is 2.21. The zero-order valence-electron chi connectivity index (χ0n) is 10.3. The maximum atomic E-state index is 14.0. The second kappa shape index (κ2) is 4.94. The lowest BCUT2D eigenvalue weighted by atomic mass is 10.0. The first-order valence-corrected chi connectivity index (χ1v) is 6.24. The van der Waals surface area contributed by atoms with E-state index >= 15 is 0 Å². The summed E-state index contributed by atoms with van der Waals surface area (Å²) in [6.45, 7) is 0. The number of hydrogen-bond acceptors (Lipinski definition) is 3. The van der Waals surface area contributed by atoms with Gasteiger partial charge in [-0.15, -0.1) is 0 Å². The Balaban J connectivity index is 2.24. The van der Waals surface area contributed by atoms with Gasteiger partial charge in [-0.3, -0.25) is 10.1 Å². The number of hydrogen-bond donors (Lipinski definition) is 2. The minimum Gasteiger partial charge on any atom is -0.382 e. The lowest BCUT2D eigenvalue weighted by Crippen LogP contribution is -1.91. The fraction of sp³-hybridized carbons (Fsp3) is 0. The zero-order chi connectivity index (χ0) is 14.1. The molecule has 3 aromatic rings. The minimum absolute atomic E-state index is 0.285. The smallest absolute Gasteiger partial charge is 0.153 e. The molecule has 0 bridgehead atoms. The molecule has 3 rings (SSSR count). The average molecular weight is 289 g/mol. The highest BCUT2D eigenvalue weighted by molar-refractivity contribution is 6.30. The molecular formula is C14H10ClFN4. The van der Waals surface area contributed by atoms with Gasteiger partial charge in [0.25, 0.3) is 0 Å². The highest BCUT2D eigenvalue weighted by Crippen LogP contribution is 2.36. The van der Waals surface area contributed by atoms with Crippen molar-refractivity contribution >= 4 is 17.4 Å². The molecular weight excluding hydrogens is 279 g/mol. The van der Waals surface area contributed by atoms with Gasteiger partial charge in [0.2, 0.25) is 0 Å². The van der Waals surface area contributed by atoms with E-state index in [1.54, 1.807) is 18.5 Å². The maximum absolute atomic E-state index is 14.0. The van der Waals surface area contributed by atoms with Crippen LogP contribution in [0.2, 0.25) is 5.02 Å². The van der Waals surface area contributed by atoms with E-state index < -0.39 is 5.82 Å². The van der Waals surface area contributed by atoms with Gasteiger partial charge in [-0.1, -0.05) is 17.7 Å². The van der Waals surface area contributed by atoms with Gasteiger partial charge in [0, 0.05) is 28.5 Å². The number of H-pyrrole nitrogens is 1. The number of nitrogen functional groups attached to an aromatic ring is 1. The first-order valence-electron chi connectivity index (χ1n) is 5.86. The second-order valence-electron chi connectivity index (χ2n) is 4.22. The average Bonchev–Trinajstić information content (AvgIpc) is 2.84. The topological polar surface area (TPSA) is 67.6 Å². The summed E-state index contributed by atoms with van der Waals surface area (Å²) in [6, 6.07) is 7.94. The Hall–Kier alpha value is -2.40. The first kappa shape index (κ1) is 12.6. The van der Waals surface area contributed by atoms with Gasteiger partial charge in [-0.25, -0.2) is 4.39 Å². The van der Waals surface area contributed by atoms with Crippen molar-refractivity contribution in [3.63, 3.8) is 0 Å². The van der Waals surface area contributed by atoms with Crippen LogP contribution in [0.25, 0.3) is 22.4 Å². The van der Waals surface area contributed by atoms with Gasteiger partial charge < -0.3 is 5.73 Å². The molecule has 0 aliphatic heterocycles. The molecule has 3 N–H and O–H groups in total. The Morgan fingerprint density at radius 3 is 2.85 bits per heavy atom. The molecule has 0 aliphatic carbocycles. The summed E-state index contributed by atoms with van der Waals surface area (Å²) in [7, 11) is 0. The first-order chi connectivity index (χ1) is 9.66. The van der Waals surface area contributed by atoms with Crippen LogP contribution in [0.1, 0.15) is 0 Å². The molecule has 6 heteroatoms. The van der Waals surface area contributed by atoms with Crippen molar-refractivity contribution in [3.05, 3.63) is 53.6 Å². The molecule has 0 amide bonds. The van der Waals surface area contributed by atoms with E-state index in [1.165, 1.54) is 18.2 Å². The van der Waals surface area contributed by atoms with E-state index in [1.807, 2.05) is 6.07 Å². The minimum atomic E-state index is -0.400. The Labute approximate surface area is 119 Å². The summed E-state index contributed by atoms with van der Waals surface area (Å²) >= 11 is 5.93. The number of rotatable bonds is 2. The lowest BCUT2D eigenvalue weighted by Gasteiger charge is -2.06. The molecule has 2 heterocycles. The third kappa shape index (κ3) is 2.12. The summed E-state index contributed by atoms with van der Waals surface area (Å²) in [6.07, 6.45) is 3.30. The van der Waals surface area contributed by atoms with Crippen LogP contribution in [-0.2, 0) is 0 Å². The standard InChI is InChI=1S/C14H10ClFN4/c15-9-3-4-11(16)10(6-9)13-12(14(17)20-19-13)8-2-1-5-18-7-8/h1-7H,(H3,17,19,20). The Morgan fingerprint density at radius 1 is 1.25 bits per heavy atom. The number of nitrogens with one attached hydrogen (secondary N) is 1. The lowest BCUT2D eigenvalue weighted by molar-refractivity contribution is 0.630. The molecule has 0 radical (unpaired) electrons. The molecule has 0 atom stereocenters. The highest BCUT2D eigenvalue weighted by Gasteiger charge is 2.17. The maximum Gasteiger partial charge on any atom is 0.153 e. The van der Waals surface area contributed by atoms with Crippen molar-refractivity contribution in [3.8, 4) is 22.4 Å². The van der Waals surface area contributed by atoms with Crippen molar-refractivity contribution in [2.75, 3.05) is 5.73 Å². The molecule has 1 aromatic carbocycles. The Morgan fingerprint density at radius 2 is 2.10 bits per heavy atom. The highest BCUT2D eigenvalue weighted by atomic mass is 35.5.